The Morgan fingerprint density at radius 3 is 1.88 bits per heavy atom. The van der Waals surface area contributed by atoms with Gasteiger partial charge in [0.05, 0.1) is 0 Å². The third-order valence-corrected chi connectivity index (χ3v) is 4.99. The van der Waals surface area contributed by atoms with Crippen molar-refractivity contribution in [2.75, 3.05) is 40.1 Å². The Hall–Kier alpha value is -0.160. The number of hydrogen-bond donors (Lipinski definition) is 0. The van der Waals surface area contributed by atoms with Crippen LogP contribution in [-0.2, 0) is 18.9 Å². The molecule has 0 aliphatic carbocycles. The number of methoxy groups -OCH3 is 1. The van der Waals surface area contributed by atoms with Gasteiger partial charge in [0.15, 0.2) is 5.79 Å². The highest BCUT2D eigenvalue weighted by Crippen LogP contribution is 2.32. The highest BCUT2D eigenvalue weighted by Gasteiger charge is 2.34. The summed E-state index contributed by atoms with van der Waals surface area (Å²) in [6, 6.07) is 0. The smallest absolute Gasteiger partial charge is 0.168 e. The molecule has 0 N–H and O–H groups in total. The molecule has 0 heterocycles. The Balaban J connectivity index is 4.33. The lowest BCUT2D eigenvalue weighted by Gasteiger charge is -2.37. The lowest BCUT2D eigenvalue weighted by atomic mass is 9.88. The molecule has 0 bridgehead atoms. The fourth-order valence-electron chi connectivity index (χ4n) is 3.53. The Morgan fingerprint density at radius 2 is 1.27 bits per heavy atom. The molecule has 0 saturated carbocycles. The van der Waals surface area contributed by atoms with Gasteiger partial charge in [-0.15, -0.1) is 0 Å². The van der Waals surface area contributed by atoms with Crippen molar-refractivity contribution in [3.63, 3.8) is 0 Å². The largest absolute Gasteiger partial charge is 0.385 e. The summed E-state index contributed by atoms with van der Waals surface area (Å²) in [7, 11) is 1.73. The highest BCUT2D eigenvalue weighted by molar-refractivity contribution is 4.76. The molecule has 4 nitrogen and oxygen atoms in total. The van der Waals surface area contributed by atoms with E-state index in [0.29, 0.717) is 19.1 Å². The molecule has 0 aromatic heterocycles. The molecule has 1 unspecified atom stereocenters. The fraction of sp³-hybridized carbons (Fsp3) is 1.00. The zero-order valence-electron chi connectivity index (χ0n) is 18.3. The molecule has 0 aromatic rings. The van der Waals surface area contributed by atoms with Crippen LogP contribution in [0.1, 0.15) is 91.9 Å². The van der Waals surface area contributed by atoms with E-state index < -0.39 is 5.79 Å². The summed E-state index contributed by atoms with van der Waals surface area (Å²) < 4.78 is 22.9. The molecule has 0 rings (SSSR count). The average Bonchev–Trinajstić information content (AvgIpc) is 2.62. The van der Waals surface area contributed by atoms with E-state index in [1.165, 1.54) is 44.9 Å². The summed E-state index contributed by atoms with van der Waals surface area (Å²) >= 11 is 0. The Kier molecular flexibility index (Phi) is 18.1. The van der Waals surface area contributed by atoms with E-state index in [2.05, 4.69) is 27.7 Å². The molecular weight excluding hydrogens is 328 g/mol. The number of ether oxygens (including phenoxy) is 4. The van der Waals surface area contributed by atoms with Crippen LogP contribution in [0.25, 0.3) is 0 Å². The van der Waals surface area contributed by atoms with E-state index >= 15 is 0 Å². The SMILES string of the molecule is CCCCCCCCC(CCCOCCCOC)C(C)(OCC)OCC. The van der Waals surface area contributed by atoms with Gasteiger partial charge in [0.25, 0.3) is 0 Å². The monoisotopic (exact) mass is 374 g/mol. The average molecular weight is 375 g/mol. The van der Waals surface area contributed by atoms with Crippen LogP contribution in [0.4, 0.5) is 0 Å². The predicted octanol–water partition coefficient (Wildman–Crippen LogP) is 5.98. The molecule has 158 valence electrons. The molecule has 0 saturated heterocycles. The van der Waals surface area contributed by atoms with Gasteiger partial charge in [-0.2, -0.15) is 0 Å². The van der Waals surface area contributed by atoms with Crippen molar-refractivity contribution in [1.82, 2.24) is 0 Å². The predicted molar refractivity (Wildman–Crippen MR) is 110 cm³/mol. The van der Waals surface area contributed by atoms with Crippen molar-refractivity contribution < 1.29 is 18.9 Å². The van der Waals surface area contributed by atoms with E-state index in [1.54, 1.807) is 7.11 Å². The Labute approximate surface area is 163 Å². The molecular formula is C22H46O4. The minimum absolute atomic E-state index is 0.427. The van der Waals surface area contributed by atoms with E-state index in [9.17, 15) is 0 Å². The van der Waals surface area contributed by atoms with Gasteiger partial charge in [0, 0.05) is 46.1 Å². The van der Waals surface area contributed by atoms with Crippen molar-refractivity contribution in [1.29, 1.82) is 0 Å². The van der Waals surface area contributed by atoms with E-state index in [4.69, 9.17) is 18.9 Å². The first-order chi connectivity index (χ1) is 12.6. The second-order valence-corrected chi connectivity index (χ2v) is 7.24. The quantitative estimate of drug-likeness (QED) is 0.194. The third-order valence-electron chi connectivity index (χ3n) is 4.99. The number of unbranched alkanes of at least 4 members (excludes halogenated alkanes) is 5. The first-order valence-electron chi connectivity index (χ1n) is 11.0. The second-order valence-electron chi connectivity index (χ2n) is 7.24. The molecule has 0 amide bonds. The summed E-state index contributed by atoms with van der Waals surface area (Å²) in [6.45, 7) is 12.2. The third kappa shape index (κ3) is 13.1. The summed E-state index contributed by atoms with van der Waals surface area (Å²) in [5.41, 5.74) is 0. The zero-order chi connectivity index (χ0) is 19.5. The molecule has 1 atom stereocenters. The zero-order valence-corrected chi connectivity index (χ0v) is 18.3. The van der Waals surface area contributed by atoms with Crippen molar-refractivity contribution in [3.8, 4) is 0 Å². The lowest BCUT2D eigenvalue weighted by Crippen LogP contribution is -2.41. The van der Waals surface area contributed by atoms with Crippen molar-refractivity contribution in [2.45, 2.75) is 97.7 Å². The topological polar surface area (TPSA) is 36.9 Å². The lowest BCUT2D eigenvalue weighted by molar-refractivity contribution is -0.254. The molecule has 0 fully saturated rings. The van der Waals surface area contributed by atoms with E-state index in [0.717, 1.165) is 39.1 Å². The minimum atomic E-state index is -0.469. The van der Waals surface area contributed by atoms with Gasteiger partial charge < -0.3 is 18.9 Å². The Morgan fingerprint density at radius 1 is 0.692 bits per heavy atom. The summed E-state index contributed by atoms with van der Waals surface area (Å²) in [5.74, 6) is -0.0423. The van der Waals surface area contributed by atoms with Crippen molar-refractivity contribution in [3.05, 3.63) is 0 Å². The molecule has 4 heteroatoms. The van der Waals surface area contributed by atoms with Crippen LogP contribution in [0.5, 0.6) is 0 Å². The molecule has 0 radical (unpaired) electrons. The molecule has 0 aliphatic heterocycles. The van der Waals surface area contributed by atoms with Gasteiger partial charge in [-0.05, 0) is 46.5 Å². The van der Waals surface area contributed by atoms with Crippen LogP contribution in [0.2, 0.25) is 0 Å². The number of hydrogen-bond acceptors (Lipinski definition) is 4. The van der Waals surface area contributed by atoms with Crippen LogP contribution in [0.3, 0.4) is 0 Å². The van der Waals surface area contributed by atoms with Gasteiger partial charge in [-0.1, -0.05) is 45.4 Å². The second kappa shape index (κ2) is 18.2. The number of rotatable bonds is 20. The maximum atomic E-state index is 6.06. The molecule has 0 spiro atoms. The first kappa shape index (κ1) is 25.8. The van der Waals surface area contributed by atoms with E-state index in [-0.39, 0.29) is 0 Å². The summed E-state index contributed by atoms with van der Waals surface area (Å²) in [6.07, 6.45) is 12.3. The van der Waals surface area contributed by atoms with Gasteiger partial charge >= 0.3 is 0 Å². The maximum Gasteiger partial charge on any atom is 0.168 e. The minimum Gasteiger partial charge on any atom is -0.385 e. The first-order valence-corrected chi connectivity index (χ1v) is 11.0. The van der Waals surface area contributed by atoms with E-state index in [1.807, 2.05) is 0 Å². The highest BCUT2D eigenvalue weighted by atomic mass is 16.7. The maximum absolute atomic E-state index is 6.06. The molecule has 26 heavy (non-hydrogen) atoms. The van der Waals surface area contributed by atoms with Crippen LogP contribution >= 0.6 is 0 Å². The summed E-state index contributed by atoms with van der Waals surface area (Å²) in [4.78, 5) is 0. The van der Waals surface area contributed by atoms with Gasteiger partial charge in [0.2, 0.25) is 0 Å². The van der Waals surface area contributed by atoms with Gasteiger partial charge in [-0.25, -0.2) is 0 Å². The molecule has 0 aromatic carbocycles. The summed E-state index contributed by atoms with van der Waals surface area (Å²) in [5, 5.41) is 0. The normalized spacial score (nSPS) is 13.3. The fourth-order valence-corrected chi connectivity index (χ4v) is 3.53. The Bertz CT molecular complexity index is 277. The van der Waals surface area contributed by atoms with Crippen LogP contribution in [0, 0.1) is 5.92 Å². The van der Waals surface area contributed by atoms with Gasteiger partial charge in [0.1, 0.15) is 0 Å². The van der Waals surface area contributed by atoms with Crippen molar-refractivity contribution in [2.24, 2.45) is 5.92 Å². The van der Waals surface area contributed by atoms with Crippen LogP contribution in [-0.4, -0.2) is 45.9 Å². The van der Waals surface area contributed by atoms with Crippen molar-refractivity contribution >= 4 is 0 Å². The molecule has 0 aliphatic rings. The van der Waals surface area contributed by atoms with Crippen LogP contribution in [0.15, 0.2) is 0 Å². The van der Waals surface area contributed by atoms with Gasteiger partial charge in [-0.3, -0.25) is 0 Å². The van der Waals surface area contributed by atoms with Crippen LogP contribution < -0.4 is 0 Å². The standard InChI is InChI=1S/C22H46O4/c1-6-9-10-11-12-13-16-21(22(4,25-7-2)26-8-3)17-14-19-24-20-15-18-23-5/h21H,6-20H2,1-5H3.